The molecular formula is C17H16N2O2. The van der Waals surface area contributed by atoms with Crippen molar-refractivity contribution in [3.05, 3.63) is 60.9 Å². The van der Waals surface area contributed by atoms with E-state index in [4.69, 9.17) is 4.74 Å². The first-order chi connectivity index (χ1) is 10.1. The minimum absolute atomic E-state index is 0.342. The first-order valence-corrected chi connectivity index (χ1v) is 6.79. The summed E-state index contributed by atoms with van der Waals surface area (Å²) in [6.45, 7) is 3.57. The van der Waals surface area contributed by atoms with Crippen molar-refractivity contribution in [1.29, 1.82) is 0 Å². The molecule has 4 nitrogen and oxygen atoms in total. The molecule has 21 heavy (non-hydrogen) atoms. The van der Waals surface area contributed by atoms with E-state index in [1.165, 1.54) is 0 Å². The van der Waals surface area contributed by atoms with Crippen molar-refractivity contribution < 1.29 is 9.53 Å². The van der Waals surface area contributed by atoms with Crippen LogP contribution < -0.4 is 4.74 Å². The van der Waals surface area contributed by atoms with E-state index >= 15 is 0 Å². The molecule has 0 bridgehead atoms. The normalized spacial score (nSPS) is 11.5. The Morgan fingerprint density at radius 2 is 1.90 bits per heavy atom. The number of carbonyl (C=O) groups is 1. The van der Waals surface area contributed by atoms with E-state index in [1.54, 1.807) is 37.0 Å². The molecule has 0 radical (unpaired) electrons. The Hall–Kier alpha value is -2.62. The summed E-state index contributed by atoms with van der Waals surface area (Å²) in [6, 6.07) is 15.3. The molecule has 1 heterocycles. The summed E-state index contributed by atoms with van der Waals surface area (Å²) in [4.78, 5) is 12.5. The molecular weight excluding hydrogens is 264 g/mol. The van der Waals surface area contributed by atoms with Crippen molar-refractivity contribution in [2.45, 2.75) is 19.4 Å². The number of aromatic nitrogens is 2. The highest BCUT2D eigenvalue weighted by Gasteiger charge is 2.33. The predicted octanol–water partition coefficient (Wildman–Crippen LogP) is 3.33. The standard InChI is InChI=1S/C17H16N2O2/c1-17(2,19-12-6-11-18-19)16(20)21-15-10-9-13-7-4-3-5-8-14(13)15/h3-12H,1-2H3. The van der Waals surface area contributed by atoms with Crippen LogP contribution in [0.15, 0.2) is 60.9 Å². The number of hydrogen-bond acceptors (Lipinski definition) is 3. The lowest BCUT2D eigenvalue weighted by atomic mass is 10.1. The minimum Gasteiger partial charge on any atom is -0.424 e. The van der Waals surface area contributed by atoms with Crippen LogP contribution in [0.25, 0.3) is 11.1 Å². The van der Waals surface area contributed by atoms with Crippen LogP contribution in [-0.4, -0.2) is 15.7 Å². The average Bonchev–Trinajstić information content (AvgIpc) is 3.06. The maximum absolute atomic E-state index is 12.5. The van der Waals surface area contributed by atoms with Crippen LogP contribution in [0.1, 0.15) is 13.8 Å². The molecule has 3 rings (SSSR count). The quantitative estimate of drug-likeness (QED) is 0.691. The maximum atomic E-state index is 12.5. The van der Waals surface area contributed by atoms with Gasteiger partial charge in [0.25, 0.3) is 0 Å². The molecule has 4 heteroatoms. The number of nitrogens with zero attached hydrogens (tertiary/aromatic N) is 2. The predicted molar refractivity (Wildman–Crippen MR) is 80.2 cm³/mol. The number of rotatable bonds is 3. The van der Waals surface area contributed by atoms with Crippen LogP contribution in [0.4, 0.5) is 0 Å². The topological polar surface area (TPSA) is 44.1 Å². The molecule has 2 aliphatic carbocycles. The Kier molecular flexibility index (Phi) is 3.22. The zero-order chi connectivity index (χ0) is 14.9. The van der Waals surface area contributed by atoms with Crippen molar-refractivity contribution >= 4 is 5.97 Å². The molecule has 0 amide bonds. The van der Waals surface area contributed by atoms with Crippen LogP contribution in [0, 0.1) is 0 Å². The van der Waals surface area contributed by atoms with Crippen LogP contribution in [-0.2, 0) is 10.3 Å². The summed E-state index contributed by atoms with van der Waals surface area (Å²) in [5, 5.41) is 4.13. The van der Waals surface area contributed by atoms with E-state index < -0.39 is 5.54 Å². The van der Waals surface area contributed by atoms with Gasteiger partial charge < -0.3 is 4.74 Å². The summed E-state index contributed by atoms with van der Waals surface area (Å²) >= 11 is 0. The molecule has 0 N–H and O–H groups in total. The second-order valence-electron chi connectivity index (χ2n) is 5.38. The van der Waals surface area contributed by atoms with Gasteiger partial charge in [-0.05, 0) is 31.5 Å². The SMILES string of the molecule is CC(C)(C(=O)Oc1ccc2cccccc1-2)n1cccn1. The summed E-state index contributed by atoms with van der Waals surface area (Å²) in [6.07, 6.45) is 3.40. The molecule has 106 valence electrons. The highest BCUT2D eigenvalue weighted by molar-refractivity contribution is 5.84. The highest BCUT2D eigenvalue weighted by Crippen LogP contribution is 2.34. The van der Waals surface area contributed by atoms with Crippen LogP contribution >= 0.6 is 0 Å². The summed E-state index contributed by atoms with van der Waals surface area (Å²) < 4.78 is 7.20. The van der Waals surface area contributed by atoms with E-state index in [9.17, 15) is 4.79 Å². The van der Waals surface area contributed by atoms with Gasteiger partial charge in [0.1, 0.15) is 5.75 Å². The van der Waals surface area contributed by atoms with Gasteiger partial charge in [0.2, 0.25) is 0 Å². The first kappa shape index (κ1) is 13.4. The second-order valence-corrected chi connectivity index (χ2v) is 5.38. The van der Waals surface area contributed by atoms with Crippen molar-refractivity contribution in [3.63, 3.8) is 0 Å². The summed E-state index contributed by atoms with van der Waals surface area (Å²) in [5.41, 5.74) is 1.11. The van der Waals surface area contributed by atoms with Gasteiger partial charge in [0.05, 0.1) is 0 Å². The Bertz CT molecular complexity index is 732. The Morgan fingerprint density at radius 3 is 2.67 bits per heavy atom. The summed E-state index contributed by atoms with van der Waals surface area (Å²) in [5.74, 6) is 0.233. The fraction of sp³-hybridized carbons (Fsp3) is 0.176. The second kappa shape index (κ2) is 5.05. The smallest absolute Gasteiger partial charge is 0.338 e. The zero-order valence-electron chi connectivity index (χ0n) is 12.0. The van der Waals surface area contributed by atoms with Crippen molar-refractivity contribution in [1.82, 2.24) is 9.78 Å². The van der Waals surface area contributed by atoms with Gasteiger partial charge in [-0.3, -0.25) is 4.68 Å². The number of carbonyl (C=O) groups excluding carboxylic acids is 1. The number of hydrogen-bond donors (Lipinski definition) is 0. The molecule has 0 atom stereocenters. The van der Waals surface area contributed by atoms with Gasteiger partial charge in [-0.15, -0.1) is 0 Å². The fourth-order valence-electron chi connectivity index (χ4n) is 2.19. The van der Waals surface area contributed by atoms with Gasteiger partial charge in [-0.1, -0.05) is 36.4 Å². The number of esters is 1. The van der Waals surface area contributed by atoms with E-state index in [2.05, 4.69) is 5.10 Å². The van der Waals surface area contributed by atoms with Gasteiger partial charge in [0, 0.05) is 18.0 Å². The molecule has 1 aromatic heterocycles. The molecule has 2 aliphatic rings. The largest absolute Gasteiger partial charge is 0.424 e. The summed E-state index contributed by atoms with van der Waals surface area (Å²) in [7, 11) is 0. The molecule has 0 spiro atoms. The lowest BCUT2D eigenvalue weighted by Crippen LogP contribution is -2.39. The monoisotopic (exact) mass is 280 g/mol. The van der Waals surface area contributed by atoms with Gasteiger partial charge in [-0.2, -0.15) is 5.10 Å². The van der Waals surface area contributed by atoms with Gasteiger partial charge in [-0.25, -0.2) is 4.79 Å². The minimum atomic E-state index is -0.857. The van der Waals surface area contributed by atoms with Crippen molar-refractivity contribution in [3.8, 4) is 16.9 Å². The molecule has 1 aromatic rings. The third-order valence-corrected chi connectivity index (χ3v) is 3.53. The van der Waals surface area contributed by atoms with Crippen LogP contribution in [0.5, 0.6) is 5.75 Å². The molecule has 0 saturated carbocycles. The van der Waals surface area contributed by atoms with Crippen molar-refractivity contribution in [2.75, 3.05) is 0 Å². The maximum Gasteiger partial charge on any atom is 0.338 e. The fourth-order valence-corrected chi connectivity index (χ4v) is 2.19. The van der Waals surface area contributed by atoms with Gasteiger partial charge in [0.15, 0.2) is 5.54 Å². The number of ether oxygens (including phenoxy) is 1. The van der Waals surface area contributed by atoms with Crippen LogP contribution in [0.2, 0.25) is 0 Å². The highest BCUT2D eigenvalue weighted by atomic mass is 16.5. The molecule has 0 fully saturated rings. The molecule has 0 unspecified atom stereocenters. The zero-order valence-corrected chi connectivity index (χ0v) is 12.0. The van der Waals surface area contributed by atoms with Crippen LogP contribution in [0.3, 0.4) is 0 Å². The van der Waals surface area contributed by atoms with E-state index in [-0.39, 0.29) is 5.97 Å². The Labute approximate surface area is 123 Å². The third kappa shape index (κ3) is 2.40. The van der Waals surface area contributed by atoms with E-state index in [1.807, 2.05) is 42.5 Å². The lowest BCUT2D eigenvalue weighted by Gasteiger charge is -2.23. The average molecular weight is 280 g/mol. The number of fused-ring (bicyclic) bond motifs is 1. The Morgan fingerprint density at radius 1 is 1.10 bits per heavy atom. The van der Waals surface area contributed by atoms with Crippen molar-refractivity contribution in [2.24, 2.45) is 0 Å². The molecule has 0 aromatic carbocycles. The Balaban J connectivity index is 1.88. The van der Waals surface area contributed by atoms with E-state index in [0.717, 1.165) is 11.1 Å². The molecule has 0 aliphatic heterocycles. The first-order valence-electron chi connectivity index (χ1n) is 6.79. The lowest BCUT2D eigenvalue weighted by molar-refractivity contribution is -0.143. The van der Waals surface area contributed by atoms with E-state index in [0.29, 0.717) is 5.75 Å². The molecule has 0 saturated heterocycles. The third-order valence-electron chi connectivity index (χ3n) is 3.53. The van der Waals surface area contributed by atoms with Gasteiger partial charge >= 0.3 is 5.97 Å².